The lowest BCUT2D eigenvalue weighted by atomic mass is 9.93. The Morgan fingerprint density at radius 1 is 1.21 bits per heavy atom. The first-order valence-electron chi connectivity index (χ1n) is 6.98. The minimum absolute atomic E-state index is 0. The fourth-order valence-electron chi connectivity index (χ4n) is 2.47. The Bertz CT molecular complexity index is 382. The highest BCUT2D eigenvalue weighted by Gasteiger charge is 2.23. The van der Waals surface area contributed by atoms with E-state index >= 15 is 0 Å². The van der Waals surface area contributed by atoms with Crippen molar-refractivity contribution >= 4 is 12.4 Å². The molecule has 0 aromatic heterocycles. The number of benzene rings is 1. The minimum atomic E-state index is 0. The Kier molecular flexibility index (Phi) is 5.84. The molecule has 1 aromatic carbocycles. The first-order valence-corrected chi connectivity index (χ1v) is 6.98. The molecule has 0 unspecified atom stereocenters. The number of nitrogens with two attached hydrogens (primary N) is 1. The van der Waals surface area contributed by atoms with Gasteiger partial charge in [-0.05, 0) is 48.9 Å². The molecule has 0 saturated heterocycles. The summed E-state index contributed by atoms with van der Waals surface area (Å²) in [4.78, 5) is 2.36. The molecule has 0 radical (unpaired) electrons. The highest BCUT2D eigenvalue weighted by molar-refractivity contribution is 5.85. The van der Waals surface area contributed by atoms with E-state index in [0.717, 1.165) is 25.6 Å². The predicted molar refractivity (Wildman–Crippen MR) is 84.8 cm³/mol. The van der Waals surface area contributed by atoms with E-state index in [-0.39, 0.29) is 17.8 Å². The lowest BCUT2D eigenvalue weighted by molar-refractivity contribution is 0.210. The summed E-state index contributed by atoms with van der Waals surface area (Å²) < 4.78 is 0. The van der Waals surface area contributed by atoms with E-state index in [4.69, 9.17) is 5.73 Å². The third-order valence-electron chi connectivity index (χ3n) is 3.73. The van der Waals surface area contributed by atoms with Crippen LogP contribution in [0.15, 0.2) is 24.3 Å². The van der Waals surface area contributed by atoms with Gasteiger partial charge in [-0.25, -0.2) is 0 Å². The molecule has 1 saturated carbocycles. The minimum Gasteiger partial charge on any atom is -0.330 e. The summed E-state index contributed by atoms with van der Waals surface area (Å²) in [6, 6.07) is 9.16. The summed E-state index contributed by atoms with van der Waals surface area (Å²) in [6.45, 7) is 7.22. The molecule has 0 atom stereocenters. The zero-order chi connectivity index (χ0) is 13.2. The van der Waals surface area contributed by atoms with Gasteiger partial charge in [-0.2, -0.15) is 0 Å². The normalized spacial score (nSPS) is 15.4. The van der Waals surface area contributed by atoms with Crippen molar-refractivity contribution in [1.29, 1.82) is 0 Å². The Hall–Kier alpha value is -0.570. The van der Waals surface area contributed by atoms with Crippen molar-refractivity contribution in [2.75, 3.05) is 20.1 Å². The molecule has 0 heterocycles. The molecule has 19 heavy (non-hydrogen) atoms. The summed E-state index contributed by atoms with van der Waals surface area (Å²) in [7, 11) is 2.17. The van der Waals surface area contributed by atoms with Crippen LogP contribution in [0.1, 0.15) is 43.7 Å². The zero-order valence-electron chi connectivity index (χ0n) is 12.4. The Balaban J connectivity index is 0.00000180. The molecule has 2 N–H and O–H groups in total. The van der Waals surface area contributed by atoms with Gasteiger partial charge in [0.25, 0.3) is 0 Å². The average molecular weight is 283 g/mol. The Labute approximate surface area is 123 Å². The van der Waals surface area contributed by atoms with Crippen LogP contribution in [0.3, 0.4) is 0 Å². The topological polar surface area (TPSA) is 29.3 Å². The second-order valence-electron chi connectivity index (χ2n) is 6.56. The summed E-state index contributed by atoms with van der Waals surface area (Å²) in [5, 5.41) is 0. The van der Waals surface area contributed by atoms with E-state index in [0.29, 0.717) is 0 Å². The summed E-state index contributed by atoms with van der Waals surface area (Å²) in [5.74, 6) is 0.855. The van der Waals surface area contributed by atoms with Gasteiger partial charge in [0.05, 0.1) is 0 Å². The van der Waals surface area contributed by atoms with Crippen LogP contribution in [-0.4, -0.2) is 25.0 Å². The first kappa shape index (κ1) is 16.5. The lowest BCUT2D eigenvalue weighted by Gasteiger charge is -2.29. The molecule has 108 valence electrons. The fraction of sp³-hybridized carbons (Fsp3) is 0.625. The summed E-state index contributed by atoms with van der Waals surface area (Å²) in [5.41, 5.74) is 8.89. The molecule has 0 bridgehead atoms. The van der Waals surface area contributed by atoms with Crippen molar-refractivity contribution in [3.05, 3.63) is 35.4 Å². The van der Waals surface area contributed by atoms with Crippen molar-refractivity contribution in [3.63, 3.8) is 0 Å². The van der Waals surface area contributed by atoms with Crippen molar-refractivity contribution in [3.8, 4) is 0 Å². The van der Waals surface area contributed by atoms with Gasteiger partial charge in [0.15, 0.2) is 0 Å². The van der Waals surface area contributed by atoms with Gasteiger partial charge in [-0.1, -0.05) is 38.1 Å². The van der Waals surface area contributed by atoms with Crippen LogP contribution < -0.4 is 5.73 Å². The van der Waals surface area contributed by atoms with Gasteiger partial charge >= 0.3 is 0 Å². The molecular weight excluding hydrogens is 256 g/mol. The monoisotopic (exact) mass is 282 g/mol. The van der Waals surface area contributed by atoms with Crippen LogP contribution in [-0.2, 0) is 6.54 Å². The maximum Gasteiger partial charge on any atom is 0.0230 e. The van der Waals surface area contributed by atoms with Crippen molar-refractivity contribution in [2.45, 2.75) is 39.2 Å². The molecule has 3 heteroatoms. The fourth-order valence-corrected chi connectivity index (χ4v) is 2.47. The zero-order valence-corrected chi connectivity index (χ0v) is 13.2. The molecule has 0 aliphatic heterocycles. The van der Waals surface area contributed by atoms with E-state index in [1.165, 1.54) is 24.0 Å². The van der Waals surface area contributed by atoms with Gasteiger partial charge in [0.2, 0.25) is 0 Å². The van der Waals surface area contributed by atoms with Gasteiger partial charge in [0.1, 0.15) is 0 Å². The van der Waals surface area contributed by atoms with Crippen molar-refractivity contribution < 1.29 is 0 Å². The van der Waals surface area contributed by atoms with Gasteiger partial charge in [0, 0.05) is 13.1 Å². The maximum atomic E-state index is 5.78. The van der Waals surface area contributed by atoms with Gasteiger partial charge in [-0.3, -0.25) is 0 Å². The molecule has 1 aromatic rings. The van der Waals surface area contributed by atoms with Crippen LogP contribution in [0.2, 0.25) is 0 Å². The Morgan fingerprint density at radius 2 is 1.79 bits per heavy atom. The van der Waals surface area contributed by atoms with Crippen molar-refractivity contribution in [2.24, 2.45) is 11.1 Å². The molecule has 0 amide bonds. The SMILES string of the molecule is CN(Cc1ccc(C2CC2)cc1)CC(C)(C)CN.Cl. The molecule has 1 fully saturated rings. The van der Waals surface area contributed by atoms with Crippen LogP contribution in [0.5, 0.6) is 0 Å². The third-order valence-corrected chi connectivity index (χ3v) is 3.73. The average Bonchev–Trinajstić information content (AvgIpc) is 3.13. The summed E-state index contributed by atoms with van der Waals surface area (Å²) >= 11 is 0. The summed E-state index contributed by atoms with van der Waals surface area (Å²) in [6.07, 6.45) is 2.76. The van der Waals surface area contributed by atoms with E-state index in [2.05, 4.69) is 50.1 Å². The standard InChI is InChI=1S/C16H26N2.ClH/c1-16(2,11-17)12-18(3)10-13-4-6-14(7-5-13)15-8-9-15;/h4-7,15H,8-12,17H2,1-3H3;1H. The number of hydrogen-bond acceptors (Lipinski definition) is 2. The molecule has 1 aliphatic carbocycles. The van der Waals surface area contributed by atoms with Crippen LogP contribution in [0.25, 0.3) is 0 Å². The maximum absolute atomic E-state index is 5.78. The largest absolute Gasteiger partial charge is 0.330 e. The highest BCUT2D eigenvalue weighted by Crippen LogP contribution is 2.39. The van der Waals surface area contributed by atoms with E-state index in [1.54, 1.807) is 0 Å². The quantitative estimate of drug-likeness (QED) is 0.866. The molecule has 2 nitrogen and oxygen atoms in total. The van der Waals surface area contributed by atoms with Crippen molar-refractivity contribution in [1.82, 2.24) is 4.90 Å². The molecular formula is C16H27ClN2. The van der Waals surface area contributed by atoms with Crippen LogP contribution in [0.4, 0.5) is 0 Å². The van der Waals surface area contributed by atoms with E-state index in [9.17, 15) is 0 Å². The first-order chi connectivity index (χ1) is 8.50. The second kappa shape index (κ2) is 6.74. The number of rotatable bonds is 6. The number of halogens is 1. The van der Waals surface area contributed by atoms with Gasteiger partial charge < -0.3 is 10.6 Å². The lowest BCUT2D eigenvalue weighted by Crippen LogP contribution is -2.36. The van der Waals surface area contributed by atoms with Crippen LogP contribution >= 0.6 is 12.4 Å². The third kappa shape index (κ3) is 5.13. The smallest absolute Gasteiger partial charge is 0.0230 e. The molecule has 1 aliphatic rings. The Morgan fingerprint density at radius 3 is 2.26 bits per heavy atom. The number of nitrogens with zero attached hydrogens (tertiary/aromatic N) is 1. The van der Waals surface area contributed by atoms with E-state index in [1.807, 2.05) is 0 Å². The van der Waals surface area contributed by atoms with E-state index < -0.39 is 0 Å². The second-order valence-corrected chi connectivity index (χ2v) is 6.56. The highest BCUT2D eigenvalue weighted by atomic mass is 35.5. The molecule has 0 spiro atoms. The molecule has 2 rings (SSSR count). The predicted octanol–water partition coefficient (Wildman–Crippen LogP) is 3.40. The van der Waals surface area contributed by atoms with Crippen LogP contribution in [0, 0.1) is 5.41 Å². The van der Waals surface area contributed by atoms with Gasteiger partial charge in [-0.15, -0.1) is 12.4 Å². The number of hydrogen-bond donors (Lipinski definition) is 1.